The van der Waals surface area contributed by atoms with E-state index in [2.05, 4.69) is 0 Å². The molecule has 1 amide bonds. The Labute approximate surface area is 84.5 Å². The lowest BCUT2D eigenvalue weighted by atomic mass is 10.2. The SMILES string of the molecule is CCCC(=O)N(C)c1ccc(N)cc1. The maximum absolute atomic E-state index is 11.5. The van der Waals surface area contributed by atoms with Gasteiger partial charge in [0.1, 0.15) is 0 Å². The summed E-state index contributed by atoms with van der Waals surface area (Å²) in [4.78, 5) is 13.2. The van der Waals surface area contributed by atoms with Crippen LogP contribution in [-0.4, -0.2) is 13.0 Å². The molecule has 76 valence electrons. The summed E-state index contributed by atoms with van der Waals surface area (Å²) in [6.45, 7) is 1.99. The number of carbonyl (C=O) groups excluding carboxylic acids is 1. The van der Waals surface area contributed by atoms with Crippen molar-refractivity contribution in [2.24, 2.45) is 0 Å². The number of nitrogens with zero attached hydrogens (tertiary/aromatic N) is 1. The van der Waals surface area contributed by atoms with Gasteiger partial charge in [-0.15, -0.1) is 0 Å². The summed E-state index contributed by atoms with van der Waals surface area (Å²) in [5.41, 5.74) is 7.16. The van der Waals surface area contributed by atoms with E-state index in [1.165, 1.54) is 0 Å². The first kappa shape index (κ1) is 10.6. The lowest BCUT2D eigenvalue weighted by Gasteiger charge is -2.16. The summed E-state index contributed by atoms with van der Waals surface area (Å²) in [5.74, 6) is 0.136. The second kappa shape index (κ2) is 4.65. The van der Waals surface area contributed by atoms with E-state index >= 15 is 0 Å². The zero-order valence-electron chi connectivity index (χ0n) is 8.66. The molecule has 0 saturated carbocycles. The number of hydrogen-bond acceptors (Lipinski definition) is 2. The molecule has 14 heavy (non-hydrogen) atoms. The first-order valence-electron chi connectivity index (χ1n) is 4.77. The number of rotatable bonds is 3. The summed E-state index contributed by atoms with van der Waals surface area (Å²) < 4.78 is 0. The van der Waals surface area contributed by atoms with Gasteiger partial charge in [0.15, 0.2) is 0 Å². The Morgan fingerprint density at radius 1 is 1.36 bits per heavy atom. The van der Waals surface area contributed by atoms with Gasteiger partial charge in [0.25, 0.3) is 0 Å². The molecule has 0 bridgehead atoms. The summed E-state index contributed by atoms with van der Waals surface area (Å²) >= 11 is 0. The van der Waals surface area contributed by atoms with E-state index in [4.69, 9.17) is 5.73 Å². The van der Waals surface area contributed by atoms with Gasteiger partial charge in [-0.2, -0.15) is 0 Å². The lowest BCUT2D eigenvalue weighted by Crippen LogP contribution is -2.25. The second-order valence-electron chi connectivity index (χ2n) is 3.29. The van der Waals surface area contributed by atoms with Gasteiger partial charge in [0.05, 0.1) is 0 Å². The molecule has 0 aliphatic heterocycles. The Morgan fingerprint density at radius 2 is 1.93 bits per heavy atom. The fraction of sp³-hybridized carbons (Fsp3) is 0.364. The normalized spacial score (nSPS) is 9.86. The molecule has 0 unspecified atom stereocenters. The number of amides is 1. The molecule has 0 spiro atoms. The zero-order chi connectivity index (χ0) is 10.6. The van der Waals surface area contributed by atoms with Crippen LogP contribution < -0.4 is 10.6 Å². The summed E-state index contributed by atoms with van der Waals surface area (Å²) in [6, 6.07) is 7.29. The Bertz CT molecular complexity index is 306. The average molecular weight is 192 g/mol. The molecule has 0 aliphatic rings. The predicted molar refractivity (Wildman–Crippen MR) is 59.2 cm³/mol. The van der Waals surface area contributed by atoms with E-state index in [1.54, 1.807) is 24.1 Å². The zero-order valence-corrected chi connectivity index (χ0v) is 8.66. The van der Waals surface area contributed by atoms with Crippen LogP contribution in [0.2, 0.25) is 0 Å². The number of nitrogens with two attached hydrogens (primary N) is 1. The van der Waals surface area contributed by atoms with Crippen molar-refractivity contribution in [1.82, 2.24) is 0 Å². The smallest absolute Gasteiger partial charge is 0.226 e. The highest BCUT2D eigenvalue weighted by molar-refractivity contribution is 5.92. The van der Waals surface area contributed by atoms with Gasteiger partial charge < -0.3 is 10.6 Å². The van der Waals surface area contributed by atoms with E-state index < -0.39 is 0 Å². The molecular formula is C11H16N2O. The highest BCUT2D eigenvalue weighted by Crippen LogP contribution is 2.15. The number of benzene rings is 1. The first-order valence-corrected chi connectivity index (χ1v) is 4.77. The maximum Gasteiger partial charge on any atom is 0.226 e. The minimum atomic E-state index is 0.136. The second-order valence-corrected chi connectivity index (χ2v) is 3.29. The van der Waals surface area contributed by atoms with Crippen LogP contribution in [0.3, 0.4) is 0 Å². The molecule has 1 aromatic carbocycles. The molecule has 3 nitrogen and oxygen atoms in total. The van der Waals surface area contributed by atoms with Crippen molar-refractivity contribution in [1.29, 1.82) is 0 Å². The number of anilines is 2. The highest BCUT2D eigenvalue weighted by Gasteiger charge is 2.08. The van der Waals surface area contributed by atoms with Crippen molar-refractivity contribution in [3.63, 3.8) is 0 Å². The van der Waals surface area contributed by atoms with Gasteiger partial charge in [-0.1, -0.05) is 6.92 Å². The molecule has 0 aromatic heterocycles. The van der Waals surface area contributed by atoms with Crippen LogP contribution in [0.15, 0.2) is 24.3 Å². The number of hydrogen-bond donors (Lipinski definition) is 1. The standard InChI is InChI=1S/C11H16N2O/c1-3-4-11(14)13(2)10-7-5-9(12)6-8-10/h5-8H,3-4,12H2,1-2H3. The molecule has 0 radical (unpaired) electrons. The fourth-order valence-corrected chi connectivity index (χ4v) is 1.22. The summed E-state index contributed by atoms with van der Waals surface area (Å²) in [7, 11) is 1.78. The van der Waals surface area contributed by atoms with Crippen molar-refractivity contribution in [2.75, 3.05) is 17.7 Å². The Hall–Kier alpha value is -1.51. The largest absolute Gasteiger partial charge is 0.399 e. The third kappa shape index (κ3) is 2.49. The van der Waals surface area contributed by atoms with Crippen LogP contribution >= 0.6 is 0 Å². The molecular weight excluding hydrogens is 176 g/mol. The van der Waals surface area contributed by atoms with Crippen LogP contribution in [-0.2, 0) is 4.79 Å². The van der Waals surface area contributed by atoms with Crippen LogP contribution in [0.5, 0.6) is 0 Å². The van der Waals surface area contributed by atoms with Crippen molar-refractivity contribution >= 4 is 17.3 Å². The van der Waals surface area contributed by atoms with E-state index in [-0.39, 0.29) is 5.91 Å². The molecule has 1 rings (SSSR count). The van der Waals surface area contributed by atoms with Crippen LogP contribution in [0.1, 0.15) is 19.8 Å². The van der Waals surface area contributed by atoms with E-state index in [0.29, 0.717) is 12.1 Å². The van der Waals surface area contributed by atoms with E-state index in [9.17, 15) is 4.79 Å². The van der Waals surface area contributed by atoms with Crippen molar-refractivity contribution in [3.05, 3.63) is 24.3 Å². The van der Waals surface area contributed by atoms with Gasteiger partial charge >= 0.3 is 0 Å². The molecule has 0 atom stereocenters. The van der Waals surface area contributed by atoms with Crippen LogP contribution in [0.25, 0.3) is 0 Å². The van der Waals surface area contributed by atoms with Gasteiger partial charge in [-0.3, -0.25) is 4.79 Å². The maximum atomic E-state index is 11.5. The highest BCUT2D eigenvalue weighted by atomic mass is 16.2. The van der Waals surface area contributed by atoms with Crippen molar-refractivity contribution in [2.45, 2.75) is 19.8 Å². The van der Waals surface area contributed by atoms with E-state index in [1.807, 2.05) is 19.1 Å². The Balaban J connectivity index is 2.73. The number of carbonyl (C=O) groups is 1. The summed E-state index contributed by atoms with van der Waals surface area (Å²) in [6.07, 6.45) is 1.46. The van der Waals surface area contributed by atoms with Crippen LogP contribution in [0.4, 0.5) is 11.4 Å². The van der Waals surface area contributed by atoms with Crippen LogP contribution in [0, 0.1) is 0 Å². The minimum Gasteiger partial charge on any atom is -0.399 e. The first-order chi connectivity index (χ1) is 6.65. The number of nitrogen functional groups attached to an aromatic ring is 1. The third-order valence-corrected chi connectivity index (χ3v) is 2.12. The third-order valence-electron chi connectivity index (χ3n) is 2.12. The monoisotopic (exact) mass is 192 g/mol. The topological polar surface area (TPSA) is 46.3 Å². The van der Waals surface area contributed by atoms with Gasteiger partial charge in [0.2, 0.25) is 5.91 Å². The quantitative estimate of drug-likeness (QED) is 0.745. The molecule has 0 fully saturated rings. The predicted octanol–water partition coefficient (Wildman–Crippen LogP) is 2.03. The molecule has 0 saturated heterocycles. The van der Waals surface area contributed by atoms with Gasteiger partial charge in [-0.05, 0) is 30.7 Å². The Morgan fingerprint density at radius 3 is 2.43 bits per heavy atom. The Kier molecular flexibility index (Phi) is 3.51. The van der Waals surface area contributed by atoms with Gasteiger partial charge in [-0.25, -0.2) is 0 Å². The fourth-order valence-electron chi connectivity index (χ4n) is 1.22. The molecule has 2 N–H and O–H groups in total. The minimum absolute atomic E-state index is 0.136. The average Bonchev–Trinajstić information content (AvgIpc) is 2.18. The molecule has 3 heteroatoms. The lowest BCUT2D eigenvalue weighted by molar-refractivity contribution is -0.118. The van der Waals surface area contributed by atoms with Crippen molar-refractivity contribution < 1.29 is 4.79 Å². The van der Waals surface area contributed by atoms with E-state index in [0.717, 1.165) is 12.1 Å². The molecule has 0 aliphatic carbocycles. The molecule has 0 heterocycles. The van der Waals surface area contributed by atoms with Gasteiger partial charge in [0, 0.05) is 24.8 Å². The van der Waals surface area contributed by atoms with Crippen molar-refractivity contribution in [3.8, 4) is 0 Å². The summed E-state index contributed by atoms with van der Waals surface area (Å²) in [5, 5.41) is 0. The molecule has 1 aromatic rings.